The second-order valence-corrected chi connectivity index (χ2v) is 8.69. The van der Waals surface area contributed by atoms with Crippen molar-refractivity contribution in [2.45, 2.75) is 26.4 Å². The number of urea groups is 1. The first-order valence-corrected chi connectivity index (χ1v) is 10.8. The fraction of sp³-hybridized carbons (Fsp3) is 0.231. The van der Waals surface area contributed by atoms with Gasteiger partial charge in [0, 0.05) is 23.0 Å². The molecule has 0 bridgehead atoms. The van der Waals surface area contributed by atoms with Crippen LogP contribution in [0.4, 0.5) is 27.7 Å². The number of ether oxygens (including phenoxy) is 2. The van der Waals surface area contributed by atoms with Crippen molar-refractivity contribution in [3.05, 3.63) is 79.0 Å². The van der Waals surface area contributed by atoms with Crippen LogP contribution < -0.4 is 20.3 Å². The summed E-state index contributed by atoms with van der Waals surface area (Å²) < 4.78 is 11.7. The van der Waals surface area contributed by atoms with E-state index in [-0.39, 0.29) is 11.6 Å². The standard InChI is InChI=1S/C26H28N4O3/c1-18(33-26(2,3)4)19-9-8-12-21(15-19)28-22-16-23-24(27-17-22)30(13-14-32-23)25(31)29-20-10-6-5-7-11-20/h5-12,15-17,28H,1,13-14H2,2-4H3,(H,29,31). The highest BCUT2D eigenvalue weighted by Gasteiger charge is 2.25. The van der Waals surface area contributed by atoms with Gasteiger partial charge in [-0.3, -0.25) is 4.90 Å². The summed E-state index contributed by atoms with van der Waals surface area (Å²) in [6.07, 6.45) is 1.68. The van der Waals surface area contributed by atoms with E-state index in [4.69, 9.17) is 9.47 Å². The Balaban J connectivity index is 1.49. The van der Waals surface area contributed by atoms with Gasteiger partial charge in [0.05, 0.1) is 18.4 Å². The number of carbonyl (C=O) groups is 1. The monoisotopic (exact) mass is 444 g/mol. The van der Waals surface area contributed by atoms with E-state index in [2.05, 4.69) is 22.2 Å². The van der Waals surface area contributed by atoms with Crippen LogP contribution in [0.2, 0.25) is 0 Å². The van der Waals surface area contributed by atoms with Crippen molar-refractivity contribution < 1.29 is 14.3 Å². The molecule has 3 aromatic rings. The molecule has 7 nitrogen and oxygen atoms in total. The Morgan fingerprint density at radius 3 is 2.58 bits per heavy atom. The van der Waals surface area contributed by atoms with Gasteiger partial charge in [0.2, 0.25) is 0 Å². The number of pyridine rings is 1. The number of nitrogens with zero attached hydrogens (tertiary/aromatic N) is 2. The van der Waals surface area contributed by atoms with Crippen LogP contribution in [0.3, 0.4) is 0 Å². The predicted molar refractivity (Wildman–Crippen MR) is 132 cm³/mol. The van der Waals surface area contributed by atoms with Crippen molar-refractivity contribution in [3.63, 3.8) is 0 Å². The molecule has 1 aromatic heterocycles. The van der Waals surface area contributed by atoms with Crippen LogP contribution in [0.5, 0.6) is 5.75 Å². The van der Waals surface area contributed by atoms with Crippen LogP contribution in [0, 0.1) is 0 Å². The summed E-state index contributed by atoms with van der Waals surface area (Å²) in [6, 6.07) is 18.7. The van der Waals surface area contributed by atoms with Gasteiger partial charge in [-0.15, -0.1) is 0 Å². The number of fused-ring (bicyclic) bond motifs is 1. The smallest absolute Gasteiger partial charge is 0.327 e. The molecule has 0 atom stereocenters. The number of aromatic nitrogens is 1. The molecule has 0 radical (unpaired) electrons. The largest absolute Gasteiger partial charge is 0.488 e. The summed E-state index contributed by atoms with van der Waals surface area (Å²) in [7, 11) is 0. The van der Waals surface area contributed by atoms with Gasteiger partial charge in [-0.2, -0.15) is 0 Å². The average Bonchev–Trinajstić information content (AvgIpc) is 2.78. The van der Waals surface area contributed by atoms with E-state index < -0.39 is 0 Å². The highest BCUT2D eigenvalue weighted by Crippen LogP contribution is 2.33. The van der Waals surface area contributed by atoms with Crippen molar-refractivity contribution in [1.82, 2.24) is 4.98 Å². The quantitative estimate of drug-likeness (QED) is 0.469. The zero-order chi connectivity index (χ0) is 23.4. The van der Waals surface area contributed by atoms with Gasteiger partial charge >= 0.3 is 6.03 Å². The third-order valence-corrected chi connectivity index (χ3v) is 4.83. The van der Waals surface area contributed by atoms with Gasteiger partial charge in [-0.1, -0.05) is 36.9 Å². The minimum absolute atomic E-state index is 0.246. The molecular formula is C26H28N4O3. The fourth-order valence-corrected chi connectivity index (χ4v) is 3.44. The first-order valence-electron chi connectivity index (χ1n) is 10.8. The van der Waals surface area contributed by atoms with Crippen LogP contribution in [-0.4, -0.2) is 29.8 Å². The number of hydrogen-bond donors (Lipinski definition) is 2. The molecule has 0 unspecified atom stereocenters. The number of nitrogens with one attached hydrogen (secondary N) is 2. The summed E-state index contributed by atoms with van der Waals surface area (Å²) in [6.45, 7) is 10.8. The molecule has 0 fully saturated rings. The Kier molecular flexibility index (Phi) is 6.22. The van der Waals surface area contributed by atoms with Crippen LogP contribution in [0.15, 0.2) is 73.4 Å². The van der Waals surface area contributed by atoms with Crippen molar-refractivity contribution in [3.8, 4) is 5.75 Å². The molecule has 1 aliphatic rings. The molecule has 2 heterocycles. The van der Waals surface area contributed by atoms with Gasteiger partial charge in [0.25, 0.3) is 0 Å². The zero-order valence-corrected chi connectivity index (χ0v) is 19.1. The van der Waals surface area contributed by atoms with E-state index in [0.29, 0.717) is 30.5 Å². The topological polar surface area (TPSA) is 75.7 Å². The van der Waals surface area contributed by atoms with E-state index in [1.807, 2.05) is 81.4 Å². The van der Waals surface area contributed by atoms with Gasteiger partial charge in [-0.25, -0.2) is 9.78 Å². The molecule has 2 aromatic carbocycles. The maximum atomic E-state index is 12.8. The molecule has 2 N–H and O–H groups in total. The molecule has 4 rings (SSSR count). The third-order valence-electron chi connectivity index (χ3n) is 4.83. The molecule has 0 saturated carbocycles. The maximum Gasteiger partial charge on any atom is 0.327 e. The van der Waals surface area contributed by atoms with E-state index in [1.165, 1.54) is 0 Å². The van der Waals surface area contributed by atoms with Gasteiger partial charge < -0.3 is 20.1 Å². The molecule has 33 heavy (non-hydrogen) atoms. The lowest BCUT2D eigenvalue weighted by Gasteiger charge is -2.28. The number of hydrogen-bond acceptors (Lipinski definition) is 5. The normalized spacial score (nSPS) is 12.9. The predicted octanol–water partition coefficient (Wildman–Crippen LogP) is 6.04. The third kappa shape index (κ3) is 5.63. The van der Waals surface area contributed by atoms with Crippen LogP contribution in [0.1, 0.15) is 26.3 Å². The van der Waals surface area contributed by atoms with Gasteiger partial charge in [-0.05, 0) is 45.0 Å². The van der Waals surface area contributed by atoms with Crippen LogP contribution in [0.25, 0.3) is 5.76 Å². The van der Waals surface area contributed by atoms with Crippen LogP contribution in [-0.2, 0) is 4.74 Å². The minimum atomic E-state index is -0.320. The lowest BCUT2D eigenvalue weighted by Crippen LogP contribution is -2.41. The first-order chi connectivity index (χ1) is 15.8. The number of benzene rings is 2. The second kappa shape index (κ2) is 9.24. The molecule has 7 heteroatoms. The van der Waals surface area contributed by atoms with Crippen molar-refractivity contribution in [2.24, 2.45) is 0 Å². The maximum absolute atomic E-state index is 12.8. The summed E-state index contributed by atoms with van der Waals surface area (Å²) in [5.74, 6) is 1.64. The Bertz CT molecular complexity index is 1160. The summed E-state index contributed by atoms with van der Waals surface area (Å²) in [5, 5.41) is 6.23. The van der Waals surface area contributed by atoms with Gasteiger partial charge in [0.15, 0.2) is 11.6 Å². The Hall–Kier alpha value is -4.00. The van der Waals surface area contributed by atoms with Crippen molar-refractivity contribution >= 4 is 34.7 Å². The average molecular weight is 445 g/mol. The zero-order valence-electron chi connectivity index (χ0n) is 19.1. The Morgan fingerprint density at radius 1 is 1.06 bits per heavy atom. The lowest BCUT2D eigenvalue weighted by atomic mass is 10.1. The van der Waals surface area contributed by atoms with Crippen LogP contribution >= 0.6 is 0 Å². The highest BCUT2D eigenvalue weighted by atomic mass is 16.5. The molecule has 2 amide bonds. The van der Waals surface area contributed by atoms with Gasteiger partial charge in [0.1, 0.15) is 18.0 Å². The molecular weight excluding hydrogens is 416 g/mol. The number of anilines is 4. The van der Waals surface area contributed by atoms with Crippen molar-refractivity contribution in [1.29, 1.82) is 0 Å². The van der Waals surface area contributed by atoms with E-state index in [1.54, 1.807) is 11.1 Å². The highest BCUT2D eigenvalue weighted by molar-refractivity contribution is 6.02. The Morgan fingerprint density at radius 2 is 1.82 bits per heavy atom. The summed E-state index contributed by atoms with van der Waals surface area (Å²) in [5.41, 5.74) is 2.91. The molecule has 0 spiro atoms. The molecule has 0 saturated heterocycles. The fourth-order valence-electron chi connectivity index (χ4n) is 3.44. The summed E-state index contributed by atoms with van der Waals surface area (Å²) >= 11 is 0. The minimum Gasteiger partial charge on any atom is -0.488 e. The number of carbonyl (C=O) groups excluding carboxylic acids is 1. The van der Waals surface area contributed by atoms with E-state index in [9.17, 15) is 4.79 Å². The molecule has 170 valence electrons. The number of rotatable bonds is 5. The summed E-state index contributed by atoms with van der Waals surface area (Å²) in [4.78, 5) is 18.9. The first kappa shape index (κ1) is 22.2. The Labute approximate surface area is 194 Å². The van der Waals surface area contributed by atoms with E-state index >= 15 is 0 Å². The lowest BCUT2D eigenvalue weighted by molar-refractivity contribution is 0.0976. The number of amides is 2. The second-order valence-electron chi connectivity index (χ2n) is 8.69. The number of para-hydroxylation sites is 1. The molecule has 0 aliphatic carbocycles. The van der Waals surface area contributed by atoms with E-state index in [0.717, 1.165) is 22.6 Å². The SMILES string of the molecule is C=C(OC(C)(C)C)c1cccc(Nc2cnc3c(c2)OCCN3C(=O)Nc2ccccc2)c1. The van der Waals surface area contributed by atoms with Crippen molar-refractivity contribution in [2.75, 3.05) is 28.7 Å². The molecule has 1 aliphatic heterocycles.